The minimum atomic E-state index is -3.38. The summed E-state index contributed by atoms with van der Waals surface area (Å²) in [7, 11) is -3.38. The summed E-state index contributed by atoms with van der Waals surface area (Å²) in [6.45, 7) is 3.74. The molecule has 0 unspecified atom stereocenters. The normalized spacial score (nSPS) is 11.4. The Balaban J connectivity index is 2.31. The first-order valence-electron chi connectivity index (χ1n) is 5.94. The number of rotatable bonds is 8. The van der Waals surface area contributed by atoms with Crippen molar-refractivity contribution >= 4 is 10.0 Å². The third-order valence-corrected chi connectivity index (χ3v) is 3.06. The van der Waals surface area contributed by atoms with Crippen LogP contribution in [0.1, 0.15) is 18.9 Å². The molecular formula is C12H20N2O3S. The van der Waals surface area contributed by atoms with Crippen molar-refractivity contribution in [2.24, 2.45) is 5.14 Å². The summed E-state index contributed by atoms with van der Waals surface area (Å²) < 4.78 is 26.9. The number of hydrogen-bond acceptors (Lipinski definition) is 4. The fourth-order valence-electron chi connectivity index (χ4n) is 1.37. The number of hydrogen-bond donors (Lipinski definition) is 2. The Labute approximate surface area is 108 Å². The highest BCUT2D eigenvalue weighted by Crippen LogP contribution is 2.12. The topological polar surface area (TPSA) is 81.4 Å². The van der Waals surface area contributed by atoms with Gasteiger partial charge in [0, 0.05) is 13.1 Å². The van der Waals surface area contributed by atoms with Gasteiger partial charge in [0.2, 0.25) is 10.0 Å². The standard InChI is InChI=1S/C12H20N2O3S/c1-2-8-17-12-5-3-11(4-6-12)10-14-7-9-18(13,15)16/h3-6,14H,2,7-10H2,1H3,(H2,13,15,16). The van der Waals surface area contributed by atoms with Crippen molar-refractivity contribution < 1.29 is 13.2 Å². The van der Waals surface area contributed by atoms with Gasteiger partial charge in [-0.15, -0.1) is 0 Å². The molecule has 0 spiro atoms. The Kier molecular flexibility index (Phi) is 6.11. The van der Waals surface area contributed by atoms with E-state index in [9.17, 15) is 8.42 Å². The number of primary sulfonamides is 1. The lowest BCUT2D eigenvalue weighted by atomic mass is 10.2. The molecule has 0 aliphatic heterocycles. The molecule has 6 heteroatoms. The van der Waals surface area contributed by atoms with Gasteiger partial charge < -0.3 is 10.1 Å². The second-order valence-corrected chi connectivity index (χ2v) is 5.77. The molecule has 102 valence electrons. The lowest BCUT2D eigenvalue weighted by molar-refractivity contribution is 0.317. The molecular weight excluding hydrogens is 252 g/mol. The predicted octanol–water partition coefficient (Wildman–Crippen LogP) is 0.854. The zero-order valence-corrected chi connectivity index (χ0v) is 11.4. The third kappa shape index (κ3) is 6.58. The number of benzene rings is 1. The van der Waals surface area contributed by atoms with E-state index >= 15 is 0 Å². The highest BCUT2D eigenvalue weighted by Gasteiger charge is 2.01. The van der Waals surface area contributed by atoms with Crippen LogP contribution in [0.5, 0.6) is 5.75 Å². The Hall–Kier alpha value is -1.11. The number of sulfonamides is 1. The van der Waals surface area contributed by atoms with Gasteiger partial charge in [-0.1, -0.05) is 19.1 Å². The quantitative estimate of drug-likeness (QED) is 0.688. The van der Waals surface area contributed by atoms with E-state index < -0.39 is 10.0 Å². The van der Waals surface area contributed by atoms with Gasteiger partial charge in [-0.2, -0.15) is 0 Å². The SMILES string of the molecule is CCCOc1ccc(CNCCS(N)(=O)=O)cc1. The van der Waals surface area contributed by atoms with E-state index in [2.05, 4.69) is 12.2 Å². The minimum Gasteiger partial charge on any atom is -0.494 e. The van der Waals surface area contributed by atoms with E-state index in [4.69, 9.17) is 9.88 Å². The summed E-state index contributed by atoms with van der Waals surface area (Å²) >= 11 is 0. The summed E-state index contributed by atoms with van der Waals surface area (Å²) in [5, 5.41) is 7.92. The van der Waals surface area contributed by atoms with Crippen LogP contribution in [0.3, 0.4) is 0 Å². The van der Waals surface area contributed by atoms with Crippen molar-refractivity contribution in [3.05, 3.63) is 29.8 Å². The van der Waals surface area contributed by atoms with Crippen LogP contribution in [-0.4, -0.2) is 27.3 Å². The van der Waals surface area contributed by atoms with Crippen LogP contribution in [-0.2, 0) is 16.6 Å². The summed E-state index contributed by atoms with van der Waals surface area (Å²) in [6.07, 6.45) is 0.983. The monoisotopic (exact) mass is 272 g/mol. The van der Waals surface area contributed by atoms with Gasteiger partial charge in [-0.3, -0.25) is 0 Å². The first-order valence-corrected chi connectivity index (χ1v) is 7.66. The van der Waals surface area contributed by atoms with Crippen molar-refractivity contribution in [2.75, 3.05) is 18.9 Å². The van der Waals surface area contributed by atoms with Crippen LogP contribution in [0.25, 0.3) is 0 Å². The molecule has 1 aromatic rings. The summed E-state index contributed by atoms with van der Waals surface area (Å²) in [5.41, 5.74) is 1.08. The van der Waals surface area contributed by atoms with E-state index in [1.807, 2.05) is 24.3 Å². The molecule has 0 fully saturated rings. The molecule has 1 aromatic carbocycles. The average Bonchev–Trinajstić information content (AvgIpc) is 2.32. The van der Waals surface area contributed by atoms with Crippen LogP contribution in [0, 0.1) is 0 Å². The van der Waals surface area contributed by atoms with Gasteiger partial charge in [-0.05, 0) is 24.1 Å². The predicted molar refractivity (Wildman–Crippen MR) is 71.9 cm³/mol. The zero-order chi connectivity index (χ0) is 13.4. The maximum Gasteiger partial charge on any atom is 0.210 e. The molecule has 0 aliphatic carbocycles. The van der Waals surface area contributed by atoms with Crippen molar-refractivity contribution in [2.45, 2.75) is 19.9 Å². The fourth-order valence-corrected chi connectivity index (χ4v) is 1.80. The second-order valence-electron chi connectivity index (χ2n) is 4.04. The molecule has 0 aromatic heterocycles. The largest absolute Gasteiger partial charge is 0.494 e. The molecule has 0 saturated carbocycles. The molecule has 0 atom stereocenters. The molecule has 5 nitrogen and oxygen atoms in total. The van der Waals surface area contributed by atoms with E-state index in [0.717, 1.165) is 17.7 Å². The van der Waals surface area contributed by atoms with Gasteiger partial charge in [0.25, 0.3) is 0 Å². The Morgan fingerprint density at radius 1 is 1.28 bits per heavy atom. The first-order chi connectivity index (χ1) is 8.51. The Bertz CT molecular complexity index is 443. The summed E-state index contributed by atoms with van der Waals surface area (Å²) in [6, 6.07) is 7.72. The van der Waals surface area contributed by atoms with Crippen LogP contribution < -0.4 is 15.2 Å². The van der Waals surface area contributed by atoms with E-state index in [1.165, 1.54) is 0 Å². The lowest BCUT2D eigenvalue weighted by Crippen LogP contribution is -2.26. The van der Waals surface area contributed by atoms with E-state index in [-0.39, 0.29) is 5.75 Å². The number of ether oxygens (including phenoxy) is 1. The van der Waals surface area contributed by atoms with Crippen LogP contribution >= 0.6 is 0 Å². The van der Waals surface area contributed by atoms with Crippen molar-refractivity contribution in [1.29, 1.82) is 0 Å². The highest BCUT2D eigenvalue weighted by atomic mass is 32.2. The highest BCUT2D eigenvalue weighted by molar-refractivity contribution is 7.89. The van der Waals surface area contributed by atoms with E-state index in [1.54, 1.807) is 0 Å². The Morgan fingerprint density at radius 3 is 2.50 bits per heavy atom. The summed E-state index contributed by atoms with van der Waals surface area (Å²) in [5.74, 6) is 0.801. The van der Waals surface area contributed by atoms with Gasteiger partial charge >= 0.3 is 0 Å². The van der Waals surface area contributed by atoms with Crippen molar-refractivity contribution in [3.8, 4) is 5.75 Å². The van der Waals surface area contributed by atoms with Crippen molar-refractivity contribution in [3.63, 3.8) is 0 Å². The van der Waals surface area contributed by atoms with Crippen LogP contribution in [0.15, 0.2) is 24.3 Å². The number of nitrogens with one attached hydrogen (secondary N) is 1. The zero-order valence-electron chi connectivity index (χ0n) is 10.6. The Morgan fingerprint density at radius 2 is 1.94 bits per heavy atom. The second kappa shape index (κ2) is 7.35. The maximum atomic E-state index is 10.7. The molecule has 18 heavy (non-hydrogen) atoms. The maximum absolute atomic E-state index is 10.7. The third-order valence-electron chi connectivity index (χ3n) is 2.29. The number of nitrogens with two attached hydrogens (primary N) is 1. The van der Waals surface area contributed by atoms with Gasteiger partial charge in [-0.25, -0.2) is 13.6 Å². The van der Waals surface area contributed by atoms with Gasteiger partial charge in [0.05, 0.1) is 12.4 Å². The van der Waals surface area contributed by atoms with Gasteiger partial charge in [0.15, 0.2) is 0 Å². The van der Waals surface area contributed by atoms with Gasteiger partial charge in [0.1, 0.15) is 5.75 Å². The first kappa shape index (κ1) is 14.9. The average molecular weight is 272 g/mol. The minimum absolute atomic E-state index is 0.0509. The fraction of sp³-hybridized carbons (Fsp3) is 0.500. The van der Waals surface area contributed by atoms with Crippen molar-refractivity contribution in [1.82, 2.24) is 5.32 Å². The molecule has 0 saturated heterocycles. The molecule has 3 N–H and O–H groups in total. The molecule has 0 radical (unpaired) electrons. The molecule has 0 amide bonds. The smallest absolute Gasteiger partial charge is 0.210 e. The summed E-state index contributed by atoms with van der Waals surface area (Å²) in [4.78, 5) is 0. The molecule has 0 aliphatic rings. The van der Waals surface area contributed by atoms with E-state index in [0.29, 0.717) is 19.7 Å². The van der Waals surface area contributed by atoms with Crippen LogP contribution in [0.2, 0.25) is 0 Å². The molecule has 0 bridgehead atoms. The van der Waals surface area contributed by atoms with Crippen LogP contribution in [0.4, 0.5) is 0 Å². The molecule has 0 heterocycles. The molecule has 1 rings (SSSR count). The lowest BCUT2D eigenvalue weighted by Gasteiger charge is -2.07.